The van der Waals surface area contributed by atoms with Gasteiger partial charge in [-0.25, -0.2) is 5.10 Å². The Labute approximate surface area is 142 Å². The van der Waals surface area contributed by atoms with Crippen LogP contribution in [0.25, 0.3) is 11.3 Å². The fourth-order valence-electron chi connectivity index (χ4n) is 2.29. The van der Waals surface area contributed by atoms with E-state index in [0.29, 0.717) is 17.1 Å². The average Bonchev–Trinajstić information content (AvgIpc) is 2.62. The highest BCUT2D eigenvalue weighted by molar-refractivity contribution is 6.06. The molecule has 25 heavy (non-hydrogen) atoms. The predicted octanol–water partition coefficient (Wildman–Crippen LogP) is 2.40. The monoisotopic (exact) mass is 337 g/mol. The van der Waals surface area contributed by atoms with Gasteiger partial charge in [0.05, 0.1) is 18.4 Å². The number of aromatic nitrogens is 2. The molecule has 3 N–H and O–H groups in total. The maximum Gasteiger partial charge on any atom is 0.264 e. The van der Waals surface area contributed by atoms with E-state index in [1.54, 1.807) is 36.4 Å². The maximum atomic E-state index is 12.4. The summed E-state index contributed by atoms with van der Waals surface area (Å²) in [6.45, 7) is 0. The minimum Gasteiger partial charge on any atom is -0.507 e. The van der Waals surface area contributed by atoms with Crippen LogP contribution in [0.1, 0.15) is 10.4 Å². The molecule has 2 aromatic carbocycles. The molecule has 0 fully saturated rings. The highest BCUT2D eigenvalue weighted by Gasteiger charge is 2.12. The number of rotatable bonds is 4. The molecule has 0 bridgehead atoms. The van der Waals surface area contributed by atoms with Crippen molar-refractivity contribution in [1.82, 2.24) is 10.2 Å². The summed E-state index contributed by atoms with van der Waals surface area (Å²) in [6, 6.07) is 14.4. The van der Waals surface area contributed by atoms with Crippen molar-refractivity contribution in [3.05, 3.63) is 70.5 Å². The van der Waals surface area contributed by atoms with E-state index in [0.717, 1.165) is 5.56 Å². The number of carbonyl (C=O) groups excluding carboxylic acids is 1. The standard InChI is InChI=1S/C18H15N3O4/c1-25-13-5-6-14(16(22)10-13)18(24)19-12-4-2-3-11(9-12)15-7-8-17(23)21-20-15/h2-10,22H,1H3,(H,19,24)(H,21,23). The molecule has 0 saturated carbocycles. The molecule has 0 aliphatic rings. The number of methoxy groups -OCH3 is 1. The first-order valence-electron chi connectivity index (χ1n) is 7.41. The number of hydrogen-bond donors (Lipinski definition) is 3. The van der Waals surface area contributed by atoms with Crippen LogP contribution in [-0.4, -0.2) is 28.3 Å². The molecule has 0 aliphatic carbocycles. The topological polar surface area (TPSA) is 104 Å². The molecule has 0 spiro atoms. The molecule has 7 heteroatoms. The number of anilines is 1. The Morgan fingerprint density at radius 3 is 2.68 bits per heavy atom. The number of nitrogens with one attached hydrogen (secondary N) is 2. The summed E-state index contributed by atoms with van der Waals surface area (Å²) in [7, 11) is 1.48. The maximum absolute atomic E-state index is 12.4. The van der Waals surface area contributed by atoms with Gasteiger partial charge in [0.15, 0.2) is 0 Å². The van der Waals surface area contributed by atoms with Gasteiger partial charge >= 0.3 is 0 Å². The lowest BCUT2D eigenvalue weighted by Gasteiger charge is -2.09. The van der Waals surface area contributed by atoms with Gasteiger partial charge in [0.1, 0.15) is 11.5 Å². The van der Waals surface area contributed by atoms with Crippen LogP contribution in [0.4, 0.5) is 5.69 Å². The third-order valence-electron chi connectivity index (χ3n) is 3.54. The van der Waals surface area contributed by atoms with Gasteiger partial charge in [0, 0.05) is 23.4 Å². The van der Waals surface area contributed by atoms with E-state index in [2.05, 4.69) is 15.5 Å². The molecule has 1 heterocycles. The van der Waals surface area contributed by atoms with Crippen LogP contribution in [0.3, 0.4) is 0 Å². The second-order valence-corrected chi connectivity index (χ2v) is 5.22. The minimum atomic E-state index is -0.452. The molecule has 0 aliphatic heterocycles. The van der Waals surface area contributed by atoms with Gasteiger partial charge in [-0.2, -0.15) is 5.10 Å². The van der Waals surface area contributed by atoms with E-state index in [9.17, 15) is 14.7 Å². The molecule has 1 aromatic heterocycles. The number of aromatic hydroxyl groups is 1. The lowest BCUT2D eigenvalue weighted by atomic mass is 10.1. The predicted molar refractivity (Wildman–Crippen MR) is 92.9 cm³/mol. The van der Waals surface area contributed by atoms with E-state index < -0.39 is 5.91 Å². The van der Waals surface area contributed by atoms with E-state index in [1.807, 2.05) is 0 Å². The van der Waals surface area contributed by atoms with Crippen molar-refractivity contribution in [2.45, 2.75) is 0 Å². The van der Waals surface area contributed by atoms with Crippen molar-refractivity contribution in [3.8, 4) is 22.8 Å². The number of hydrogen-bond acceptors (Lipinski definition) is 5. The quantitative estimate of drug-likeness (QED) is 0.678. The van der Waals surface area contributed by atoms with Crippen LogP contribution in [0.5, 0.6) is 11.5 Å². The highest BCUT2D eigenvalue weighted by atomic mass is 16.5. The van der Waals surface area contributed by atoms with E-state index >= 15 is 0 Å². The Morgan fingerprint density at radius 1 is 1.16 bits per heavy atom. The van der Waals surface area contributed by atoms with E-state index in [1.165, 1.54) is 25.3 Å². The first-order chi connectivity index (χ1) is 12.1. The van der Waals surface area contributed by atoms with Gasteiger partial charge in [0.25, 0.3) is 11.5 Å². The number of phenolic OH excluding ortho intramolecular Hbond substituents is 1. The number of carbonyl (C=O) groups is 1. The number of benzene rings is 2. The number of H-pyrrole nitrogens is 1. The summed E-state index contributed by atoms with van der Waals surface area (Å²) < 4.78 is 5.00. The SMILES string of the molecule is COc1ccc(C(=O)Nc2cccc(-c3ccc(=O)[nH]n3)c2)c(O)c1. The summed E-state index contributed by atoms with van der Waals surface area (Å²) in [5, 5.41) is 19.0. The van der Waals surface area contributed by atoms with Crippen LogP contribution in [0.2, 0.25) is 0 Å². The lowest BCUT2D eigenvalue weighted by molar-refractivity contribution is 0.102. The number of nitrogens with zero attached hydrogens (tertiary/aromatic N) is 1. The lowest BCUT2D eigenvalue weighted by Crippen LogP contribution is -2.12. The van der Waals surface area contributed by atoms with Crippen molar-refractivity contribution in [3.63, 3.8) is 0 Å². The van der Waals surface area contributed by atoms with Crippen LogP contribution in [0, 0.1) is 0 Å². The van der Waals surface area contributed by atoms with E-state index in [4.69, 9.17) is 4.74 Å². The van der Waals surface area contributed by atoms with Crippen molar-refractivity contribution >= 4 is 11.6 Å². The van der Waals surface area contributed by atoms with Crippen LogP contribution in [0.15, 0.2) is 59.4 Å². The van der Waals surface area contributed by atoms with Gasteiger partial charge in [-0.05, 0) is 30.3 Å². The van der Waals surface area contributed by atoms with E-state index in [-0.39, 0.29) is 16.9 Å². The van der Waals surface area contributed by atoms with Crippen molar-refractivity contribution in [1.29, 1.82) is 0 Å². The minimum absolute atomic E-state index is 0.133. The molecule has 126 valence electrons. The number of phenols is 1. The van der Waals surface area contributed by atoms with Crippen LogP contribution < -0.4 is 15.6 Å². The first kappa shape index (κ1) is 16.3. The molecule has 3 rings (SSSR count). The number of ether oxygens (including phenoxy) is 1. The Kier molecular flexibility index (Phi) is 4.47. The first-order valence-corrected chi connectivity index (χ1v) is 7.41. The Hall–Kier alpha value is -3.61. The highest BCUT2D eigenvalue weighted by Crippen LogP contribution is 2.25. The van der Waals surface area contributed by atoms with Gasteiger partial charge in [-0.15, -0.1) is 0 Å². The Bertz CT molecular complexity index is 962. The van der Waals surface area contributed by atoms with Crippen molar-refractivity contribution in [2.24, 2.45) is 0 Å². The summed E-state index contributed by atoms with van der Waals surface area (Å²) in [5.74, 6) is -0.165. The molecule has 3 aromatic rings. The zero-order chi connectivity index (χ0) is 17.8. The average molecular weight is 337 g/mol. The van der Waals surface area contributed by atoms with Gasteiger partial charge in [-0.1, -0.05) is 12.1 Å². The summed E-state index contributed by atoms with van der Waals surface area (Å²) in [6.07, 6.45) is 0. The smallest absolute Gasteiger partial charge is 0.264 e. The normalized spacial score (nSPS) is 10.3. The third-order valence-corrected chi connectivity index (χ3v) is 3.54. The van der Waals surface area contributed by atoms with Crippen LogP contribution >= 0.6 is 0 Å². The zero-order valence-corrected chi connectivity index (χ0v) is 13.3. The van der Waals surface area contributed by atoms with Crippen molar-refractivity contribution in [2.75, 3.05) is 12.4 Å². The van der Waals surface area contributed by atoms with Gasteiger partial charge in [-0.3, -0.25) is 9.59 Å². The van der Waals surface area contributed by atoms with Gasteiger partial charge in [0.2, 0.25) is 0 Å². The Balaban J connectivity index is 1.83. The molecule has 7 nitrogen and oxygen atoms in total. The molecule has 0 atom stereocenters. The number of aromatic amines is 1. The number of amides is 1. The summed E-state index contributed by atoms with van der Waals surface area (Å²) in [5.41, 5.74) is 1.68. The second-order valence-electron chi connectivity index (χ2n) is 5.22. The zero-order valence-electron chi connectivity index (χ0n) is 13.3. The second kappa shape index (κ2) is 6.88. The molecule has 0 radical (unpaired) electrons. The molecule has 0 unspecified atom stereocenters. The van der Waals surface area contributed by atoms with Gasteiger partial charge < -0.3 is 15.2 Å². The molecule has 0 saturated heterocycles. The molecular formula is C18H15N3O4. The van der Waals surface area contributed by atoms with Crippen molar-refractivity contribution < 1.29 is 14.6 Å². The fourth-order valence-corrected chi connectivity index (χ4v) is 2.29. The Morgan fingerprint density at radius 2 is 2.00 bits per heavy atom. The molecular weight excluding hydrogens is 322 g/mol. The fraction of sp³-hybridized carbons (Fsp3) is 0.0556. The largest absolute Gasteiger partial charge is 0.507 e. The third kappa shape index (κ3) is 3.66. The van der Waals surface area contributed by atoms with Crippen LogP contribution in [-0.2, 0) is 0 Å². The molecule has 1 amide bonds. The summed E-state index contributed by atoms with van der Waals surface area (Å²) >= 11 is 0. The summed E-state index contributed by atoms with van der Waals surface area (Å²) in [4.78, 5) is 23.4.